The fourth-order valence-electron chi connectivity index (χ4n) is 4.08. The topological polar surface area (TPSA) is 39.7 Å². The molecule has 2 aromatic rings. The summed E-state index contributed by atoms with van der Waals surface area (Å²) in [5, 5.41) is 4.26. The van der Waals surface area contributed by atoms with Crippen molar-refractivity contribution in [2.24, 2.45) is 0 Å². The van der Waals surface area contributed by atoms with E-state index in [9.17, 15) is 0 Å². The molecule has 32 heavy (non-hydrogen) atoms. The van der Waals surface area contributed by atoms with Crippen LogP contribution in [0.2, 0.25) is 5.02 Å². The van der Waals surface area contributed by atoms with Gasteiger partial charge in [-0.2, -0.15) is 0 Å². The number of hydrogen-bond donors (Lipinski definition) is 1. The summed E-state index contributed by atoms with van der Waals surface area (Å²) in [5.74, 6) is 0.873. The number of rotatable bonds is 12. The highest BCUT2D eigenvalue weighted by Crippen LogP contribution is 2.44. The number of benzene rings is 2. The first-order valence-corrected chi connectivity index (χ1v) is 12.4. The minimum atomic E-state index is -0.466. The molecule has 3 rings (SSSR count). The Balaban J connectivity index is 1.81. The third kappa shape index (κ3) is 6.63. The summed E-state index contributed by atoms with van der Waals surface area (Å²) >= 11 is 6.13. The quantitative estimate of drug-likeness (QED) is 0.332. The van der Waals surface area contributed by atoms with Gasteiger partial charge in [0.1, 0.15) is 23.6 Å². The van der Waals surface area contributed by atoms with Gasteiger partial charge in [-0.15, -0.1) is 0 Å². The first-order valence-electron chi connectivity index (χ1n) is 12.0. The second-order valence-corrected chi connectivity index (χ2v) is 9.52. The lowest BCUT2D eigenvalue weighted by Crippen LogP contribution is -2.51. The summed E-state index contributed by atoms with van der Waals surface area (Å²) in [6.45, 7) is 10.7. The summed E-state index contributed by atoms with van der Waals surface area (Å²) in [6.07, 6.45) is 5.21. The van der Waals surface area contributed by atoms with Gasteiger partial charge in [0.15, 0.2) is 0 Å². The zero-order valence-electron chi connectivity index (χ0n) is 20.0. The van der Waals surface area contributed by atoms with Gasteiger partial charge in [0.05, 0.1) is 0 Å². The van der Waals surface area contributed by atoms with Crippen LogP contribution in [0, 0.1) is 0 Å². The van der Waals surface area contributed by atoms with Crippen LogP contribution in [0.3, 0.4) is 0 Å². The van der Waals surface area contributed by atoms with E-state index < -0.39 is 5.60 Å². The standard InChI is InChI=1S/C27H38ClNO3/c1-5-7-9-16-31-26-25(30-15-8-6-2)23-18-22(13-14-24(23)32-27(26,3)4)29-19-20-11-10-12-21(28)17-20/h10-14,17-18,25-26,29H,5-9,15-16,19H2,1-4H3. The molecule has 0 fully saturated rings. The Labute approximate surface area is 198 Å². The van der Waals surface area contributed by atoms with Crippen LogP contribution in [0.25, 0.3) is 0 Å². The number of hydrogen-bond acceptors (Lipinski definition) is 4. The van der Waals surface area contributed by atoms with Crippen molar-refractivity contribution in [2.45, 2.75) is 84.2 Å². The zero-order valence-corrected chi connectivity index (χ0v) is 20.7. The third-order valence-corrected chi connectivity index (χ3v) is 6.11. The van der Waals surface area contributed by atoms with E-state index in [0.717, 1.165) is 53.5 Å². The van der Waals surface area contributed by atoms with Crippen molar-refractivity contribution in [2.75, 3.05) is 18.5 Å². The Bertz CT molecular complexity index is 855. The fraction of sp³-hybridized carbons (Fsp3) is 0.556. The Morgan fingerprint density at radius 3 is 2.50 bits per heavy atom. The first-order chi connectivity index (χ1) is 15.4. The maximum atomic E-state index is 6.44. The van der Waals surface area contributed by atoms with Crippen LogP contribution in [-0.4, -0.2) is 24.9 Å². The molecular formula is C27H38ClNO3. The number of nitrogens with one attached hydrogen (secondary N) is 1. The molecule has 5 heteroatoms. The number of fused-ring (bicyclic) bond motifs is 1. The summed E-state index contributed by atoms with van der Waals surface area (Å²) in [7, 11) is 0. The molecule has 2 aromatic carbocycles. The van der Waals surface area contributed by atoms with Crippen LogP contribution < -0.4 is 10.1 Å². The van der Waals surface area contributed by atoms with E-state index in [1.807, 2.05) is 24.3 Å². The predicted octanol–water partition coefficient (Wildman–Crippen LogP) is 7.56. The molecule has 2 unspecified atom stereocenters. The molecule has 1 aliphatic rings. The van der Waals surface area contributed by atoms with Gasteiger partial charge >= 0.3 is 0 Å². The minimum Gasteiger partial charge on any atom is -0.485 e. The predicted molar refractivity (Wildman–Crippen MR) is 133 cm³/mol. The van der Waals surface area contributed by atoms with Crippen molar-refractivity contribution in [1.82, 2.24) is 0 Å². The highest BCUT2D eigenvalue weighted by molar-refractivity contribution is 6.30. The number of unbranched alkanes of at least 4 members (excludes halogenated alkanes) is 3. The van der Waals surface area contributed by atoms with Crippen molar-refractivity contribution in [3.05, 3.63) is 58.6 Å². The van der Waals surface area contributed by atoms with Crippen molar-refractivity contribution in [1.29, 1.82) is 0 Å². The number of ether oxygens (including phenoxy) is 3. The maximum Gasteiger partial charge on any atom is 0.132 e. The summed E-state index contributed by atoms with van der Waals surface area (Å²) in [5.41, 5.74) is 2.75. The van der Waals surface area contributed by atoms with Crippen molar-refractivity contribution in [3.63, 3.8) is 0 Å². The van der Waals surface area contributed by atoms with Gasteiger partial charge in [-0.3, -0.25) is 0 Å². The van der Waals surface area contributed by atoms with Gasteiger partial charge in [0.25, 0.3) is 0 Å². The SMILES string of the molecule is CCCCCOC1C(OCCCC)c2cc(NCc3cccc(Cl)c3)ccc2OC1(C)C. The molecule has 2 atom stereocenters. The van der Waals surface area contributed by atoms with Gasteiger partial charge in [-0.25, -0.2) is 0 Å². The average Bonchev–Trinajstić information content (AvgIpc) is 2.76. The smallest absolute Gasteiger partial charge is 0.132 e. The molecule has 1 N–H and O–H groups in total. The molecule has 0 bridgehead atoms. The van der Waals surface area contributed by atoms with Crippen LogP contribution in [-0.2, 0) is 16.0 Å². The Kier molecular flexibility index (Phi) is 9.27. The van der Waals surface area contributed by atoms with Gasteiger partial charge in [0.2, 0.25) is 0 Å². The van der Waals surface area contributed by atoms with E-state index >= 15 is 0 Å². The van der Waals surface area contributed by atoms with Crippen LogP contribution in [0.15, 0.2) is 42.5 Å². The van der Waals surface area contributed by atoms with Crippen molar-refractivity contribution >= 4 is 17.3 Å². The molecular weight excluding hydrogens is 422 g/mol. The number of anilines is 1. The largest absolute Gasteiger partial charge is 0.485 e. The summed E-state index contributed by atoms with van der Waals surface area (Å²) in [4.78, 5) is 0. The fourth-order valence-corrected chi connectivity index (χ4v) is 4.29. The number of halogens is 1. The van der Waals surface area contributed by atoms with E-state index in [2.05, 4.69) is 51.2 Å². The first kappa shape index (κ1) is 24.9. The zero-order chi connectivity index (χ0) is 23.0. The highest BCUT2D eigenvalue weighted by Gasteiger charge is 2.45. The minimum absolute atomic E-state index is 0.158. The molecule has 0 amide bonds. The van der Waals surface area contributed by atoms with Gasteiger partial charge in [0, 0.05) is 36.0 Å². The molecule has 0 spiro atoms. The molecule has 176 valence electrons. The van der Waals surface area contributed by atoms with E-state index in [-0.39, 0.29) is 12.2 Å². The highest BCUT2D eigenvalue weighted by atomic mass is 35.5. The van der Waals surface area contributed by atoms with E-state index in [0.29, 0.717) is 13.2 Å². The lowest BCUT2D eigenvalue weighted by Gasteiger charge is -2.44. The lowest BCUT2D eigenvalue weighted by atomic mass is 9.87. The van der Waals surface area contributed by atoms with Gasteiger partial charge in [-0.05, 0) is 62.6 Å². The van der Waals surface area contributed by atoms with Crippen LogP contribution in [0.5, 0.6) is 5.75 Å². The van der Waals surface area contributed by atoms with E-state index in [1.54, 1.807) is 0 Å². The molecule has 4 nitrogen and oxygen atoms in total. The van der Waals surface area contributed by atoms with Crippen molar-refractivity contribution in [3.8, 4) is 5.75 Å². The van der Waals surface area contributed by atoms with E-state index in [4.69, 9.17) is 25.8 Å². The molecule has 0 saturated heterocycles. The summed E-state index contributed by atoms with van der Waals surface area (Å²) < 4.78 is 19.2. The molecule has 1 heterocycles. The second-order valence-electron chi connectivity index (χ2n) is 9.09. The lowest BCUT2D eigenvalue weighted by molar-refractivity contribution is -0.163. The van der Waals surface area contributed by atoms with Gasteiger partial charge in [-0.1, -0.05) is 56.8 Å². The molecule has 0 aromatic heterocycles. The normalized spacial score (nSPS) is 19.3. The summed E-state index contributed by atoms with van der Waals surface area (Å²) in [6, 6.07) is 14.2. The van der Waals surface area contributed by atoms with Crippen molar-refractivity contribution < 1.29 is 14.2 Å². The molecule has 0 aliphatic carbocycles. The monoisotopic (exact) mass is 459 g/mol. The van der Waals surface area contributed by atoms with Crippen LogP contribution >= 0.6 is 11.6 Å². The molecule has 0 radical (unpaired) electrons. The average molecular weight is 460 g/mol. The Hall–Kier alpha value is -1.75. The second kappa shape index (κ2) is 11.9. The van der Waals surface area contributed by atoms with Gasteiger partial charge < -0.3 is 19.5 Å². The van der Waals surface area contributed by atoms with E-state index in [1.165, 1.54) is 12.8 Å². The van der Waals surface area contributed by atoms with Crippen LogP contribution in [0.4, 0.5) is 5.69 Å². The Morgan fingerprint density at radius 2 is 1.75 bits per heavy atom. The van der Waals surface area contributed by atoms with Crippen LogP contribution in [0.1, 0.15) is 77.0 Å². The maximum absolute atomic E-state index is 6.44. The molecule has 1 aliphatic heterocycles. The third-order valence-electron chi connectivity index (χ3n) is 5.88. The molecule has 0 saturated carbocycles. The Morgan fingerprint density at radius 1 is 0.969 bits per heavy atom.